The number of carbonyl (C=O) groups is 1. The zero-order valence-corrected chi connectivity index (χ0v) is 10.5. The second-order valence-corrected chi connectivity index (χ2v) is 3.58. The second-order valence-electron chi connectivity index (χ2n) is 2.72. The summed E-state index contributed by atoms with van der Waals surface area (Å²) in [5, 5.41) is 8.77. The van der Waals surface area contributed by atoms with Crippen LogP contribution in [0.3, 0.4) is 0 Å². The fraction of sp³-hybridized carbons (Fsp3) is 0.364. The zero-order chi connectivity index (χ0) is 11.3. The van der Waals surface area contributed by atoms with E-state index in [-0.39, 0.29) is 0 Å². The minimum absolute atomic E-state index is 0.371. The lowest BCUT2D eigenvalue weighted by Crippen LogP contribution is -2.00. The fourth-order valence-corrected chi connectivity index (χ4v) is 1.47. The minimum atomic E-state index is -0.872. The van der Waals surface area contributed by atoms with E-state index in [9.17, 15) is 4.79 Å². The SMILES string of the molecule is CC.Cc1cc(C(=O)O)c(C)cc1Br. The Hall–Kier alpha value is -0.830. The van der Waals surface area contributed by atoms with E-state index in [0.717, 1.165) is 15.6 Å². The Bertz CT molecular complexity index is 332. The van der Waals surface area contributed by atoms with Gasteiger partial charge in [0, 0.05) is 4.47 Å². The highest BCUT2D eigenvalue weighted by atomic mass is 79.9. The van der Waals surface area contributed by atoms with Gasteiger partial charge in [-0.15, -0.1) is 0 Å². The number of aryl methyl sites for hydroxylation is 2. The van der Waals surface area contributed by atoms with Crippen LogP contribution in [0.4, 0.5) is 0 Å². The zero-order valence-electron chi connectivity index (χ0n) is 8.89. The molecular formula is C11H15BrO2. The monoisotopic (exact) mass is 258 g/mol. The molecule has 14 heavy (non-hydrogen) atoms. The van der Waals surface area contributed by atoms with Gasteiger partial charge in [0.05, 0.1) is 5.56 Å². The Kier molecular flexibility index (Phi) is 5.46. The molecule has 1 rings (SSSR count). The van der Waals surface area contributed by atoms with E-state index in [4.69, 9.17) is 5.11 Å². The molecule has 0 spiro atoms. The molecule has 78 valence electrons. The van der Waals surface area contributed by atoms with Gasteiger partial charge in [-0.05, 0) is 37.1 Å². The quantitative estimate of drug-likeness (QED) is 0.833. The van der Waals surface area contributed by atoms with Crippen LogP contribution in [0.25, 0.3) is 0 Å². The lowest BCUT2D eigenvalue weighted by atomic mass is 10.1. The van der Waals surface area contributed by atoms with Gasteiger partial charge in [0.15, 0.2) is 0 Å². The van der Waals surface area contributed by atoms with Crippen LogP contribution < -0.4 is 0 Å². The van der Waals surface area contributed by atoms with Crippen LogP contribution in [0.5, 0.6) is 0 Å². The van der Waals surface area contributed by atoms with Gasteiger partial charge in [-0.1, -0.05) is 29.8 Å². The summed E-state index contributed by atoms with van der Waals surface area (Å²) >= 11 is 3.34. The van der Waals surface area contributed by atoms with Crippen molar-refractivity contribution in [1.29, 1.82) is 0 Å². The van der Waals surface area contributed by atoms with Crippen molar-refractivity contribution in [3.05, 3.63) is 33.3 Å². The number of hydrogen-bond donors (Lipinski definition) is 1. The van der Waals surface area contributed by atoms with Gasteiger partial charge >= 0.3 is 5.97 Å². The summed E-state index contributed by atoms with van der Waals surface area (Å²) in [6.45, 7) is 7.66. The summed E-state index contributed by atoms with van der Waals surface area (Å²) in [4.78, 5) is 10.7. The molecule has 0 saturated heterocycles. The van der Waals surface area contributed by atoms with Crippen molar-refractivity contribution in [3.63, 3.8) is 0 Å². The first-order chi connectivity index (χ1) is 6.52. The van der Waals surface area contributed by atoms with E-state index in [2.05, 4.69) is 15.9 Å². The number of benzene rings is 1. The molecule has 0 fully saturated rings. The topological polar surface area (TPSA) is 37.3 Å². The van der Waals surface area contributed by atoms with E-state index < -0.39 is 5.97 Å². The molecule has 2 nitrogen and oxygen atoms in total. The third-order valence-corrected chi connectivity index (χ3v) is 2.59. The Morgan fingerprint density at radius 1 is 1.21 bits per heavy atom. The molecule has 1 aromatic carbocycles. The van der Waals surface area contributed by atoms with Crippen LogP contribution in [0.1, 0.15) is 35.3 Å². The van der Waals surface area contributed by atoms with E-state index in [0.29, 0.717) is 5.56 Å². The van der Waals surface area contributed by atoms with Crippen molar-refractivity contribution in [2.24, 2.45) is 0 Å². The predicted octanol–water partition coefficient (Wildman–Crippen LogP) is 3.79. The highest BCUT2D eigenvalue weighted by molar-refractivity contribution is 9.10. The van der Waals surface area contributed by atoms with Crippen molar-refractivity contribution in [1.82, 2.24) is 0 Å². The van der Waals surface area contributed by atoms with Gasteiger partial charge < -0.3 is 5.11 Å². The van der Waals surface area contributed by atoms with Crippen LogP contribution in [-0.4, -0.2) is 11.1 Å². The molecular weight excluding hydrogens is 244 g/mol. The summed E-state index contributed by atoms with van der Waals surface area (Å²) in [5.74, 6) is -0.872. The number of rotatable bonds is 1. The molecule has 0 aromatic heterocycles. The maximum Gasteiger partial charge on any atom is 0.335 e. The maximum absolute atomic E-state index is 10.7. The number of halogens is 1. The molecule has 3 heteroatoms. The largest absolute Gasteiger partial charge is 0.478 e. The summed E-state index contributed by atoms with van der Waals surface area (Å²) in [6, 6.07) is 3.49. The van der Waals surface area contributed by atoms with Gasteiger partial charge in [-0.3, -0.25) is 0 Å². The normalized spacial score (nSPS) is 8.93. The summed E-state index contributed by atoms with van der Waals surface area (Å²) in [7, 11) is 0. The first-order valence-electron chi connectivity index (χ1n) is 4.52. The number of carboxylic acid groups (broad SMARTS) is 1. The molecule has 0 aliphatic heterocycles. The first kappa shape index (κ1) is 13.2. The lowest BCUT2D eigenvalue weighted by molar-refractivity contribution is 0.0696. The molecule has 0 atom stereocenters. The molecule has 0 bridgehead atoms. The standard InChI is InChI=1S/C9H9BrO2.C2H6/c1-5-4-8(10)6(2)3-7(5)9(11)12;1-2/h3-4H,1-2H3,(H,11,12);1-2H3. The molecule has 0 amide bonds. The third-order valence-electron chi connectivity index (χ3n) is 1.74. The lowest BCUT2D eigenvalue weighted by Gasteiger charge is -2.03. The molecule has 0 aliphatic carbocycles. The van der Waals surface area contributed by atoms with Crippen LogP contribution in [0.15, 0.2) is 16.6 Å². The van der Waals surface area contributed by atoms with Crippen molar-refractivity contribution >= 4 is 21.9 Å². The molecule has 1 N–H and O–H groups in total. The average molecular weight is 259 g/mol. The first-order valence-corrected chi connectivity index (χ1v) is 5.31. The van der Waals surface area contributed by atoms with Crippen molar-refractivity contribution in [2.75, 3.05) is 0 Å². The third kappa shape index (κ3) is 3.14. The van der Waals surface area contributed by atoms with Gasteiger partial charge in [-0.2, -0.15) is 0 Å². The predicted molar refractivity (Wildman–Crippen MR) is 61.9 cm³/mol. The highest BCUT2D eigenvalue weighted by Gasteiger charge is 2.08. The number of hydrogen-bond acceptors (Lipinski definition) is 1. The summed E-state index contributed by atoms with van der Waals surface area (Å²) < 4.78 is 0.949. The molecule has 0 heterocycles. The summed E-state index contributed by atoms with van der Waals surface area (Å²) in [5.41, 5.74) is 2.09. The molecule has 0 unspecified atom stereocenters. The fourth-order valence-electron chi connectivity index (χ4n) is 1.01. The van der Waals surface area contributed by atoms with Gasteiger partial charge in [-0.25, -0.2) is 4.79 Å². The van der Waals surface area contributed by atoms with Gasteiger partial charge in [0.25, 0.3) is 0 Å². The Labute approximate surface area is 93.1 Å². The van der Waals surface area contributed by atoms with E-state index in [1.165, 1.54) is 0 Å². The van der Waals surface area contributed by atoms with E-state index in [1.807, 2.05) is 26.8 Å². The van der Waals surface area contributed by atoms with Crippen LogP contribution in [0.2, 0.25) is 0 Å². The maximum atomic E-state index is 10.7. The molecule has 0 saturated carbocycles. The van der Waals surface area contributed by atoms with Crippen molar-refractivity contribution in [2.45, 2.75) is 27.7 Å². The Morgan fingerprint density at radius 3 is 2.14 bits per heavy atom. The Morgan fingerprint density at radius 2 is 1.71 bits per heavy atom. The van der Waals surface area contributed by atoms with Crippen molar-refractivity contribution < 1.29 is 9.90 Å². The van der Waals surface area contributed by atoms with Crippen molar-refractivity contribution in [3.8, 4) is 0 Å². The summed E-state index contributed by atoms with van der Waals surface area (Å²) in [6.07, 6.45) is 0. The number of carboxylic acids is 1. The minimum Gasteiger partial charge on any atom is -0.478 e. The van der Waals surface area contributed by atoms with Gasteiger partial charge in [0.2, 0.25) is 0 Å². The Balaban J connectivity index is 0.000000791. The van der Waals surface area contributed by atoms with E-state index in [1.54, 1.807) is 13.0 Å². The van der Waals surface area contributed by atoms with Crippen LogP contribution in [0, 0.1) is 13.8 Å². The molecule has 0 aliphatic rings. The van der Waals surface area contributed by atoms with Crippen LogP contribution >= 0.6 is 15.9 Å². The highest BCUT2D eigenvalue weighted by Crippen LogP contribution is 2.20. The number of aromatic carboxylic acids is 1. The smallest absolute Gasteiger partial charge is 0.335 e. The molecule has 1 aromatic rings. The molecule has 0 radical (unpaired) electrons. The average Bonchev–Trinajstić information content (AvgIpc) is 2.14. The second kappa shape index (κ2) is 5.81. The van der Waals surface area contributed by atoms with Gasteiger partial charge in [0.1, 0.15) is 0 Å². The van der Waals surface area contributed by atoms with Crippen LogP contribution in [-0.2, 0) is 0 Å². The van der Waals surface area contributed by atoms with E-state index >= 15 is 0 Å².